The van der Waals surface area contributed by atoms with Crippen LogP contribution in [0, 0.1) is 17.1 Å². The van der Waals surface area contributed by atoms with E-state index in [1.807, 2.05) is 0 Å². The molecule has 1 atom stereocenters. The number of benzene rings is 1. The first-order valence-corrected chi connectivity index (χ1v) is 4.90. The van der Waals surface area contributed by atoms with E-state index in [-0.39, 0.29) is 10.5 Å². The topological polar surface area (TPSA) is 40.9 Å². The van der Waals surface area contributed by atoms with Crippen molar-refractivity contribution in [2.75, 3.05) is 0 Å². The van der Waals surface area contributed by atoms with Gasteiger partial charge in [-0.05, 0) is 28.9 Å². The number of hydrogen-bond acceptors (Lipinski definition) is 2. The van der Waals surface area contributed by atoms with Crippen molar-refractivity contribution >= 4 is 20.7 Å². The van der Waals surface area contributed by atoms with Gasteiger partial charge in [-0.2, -0.15) is 5.26 Å². The predicted molar refractivity (Wildman–Crippen MR) is 43.4 cm³/mol. The molecule has 0 amide bonds. The lowest BCUT2D eigenvalue weighted by Crippen LogP contribution is -1.89. The molecule has 5 heteroatoms. The monoisotopic (exact) mass is 203 g/mol. The van der Waals surface area contributed by atoms with Gasteiger partial charge in [0.2, 0.25) is 0 Å². The van der Waals surface area contributed by atoms with Crippen LogP contribution in [0.15, 0.2) is 23.1 Å². The van der Waals surface area contributed by atoms with Crippen LogP contribution in [0.2, 0.25) is 0 Å². The second-order valence-corrected chi connectivity index (χ2v) is 3.71. The van der Waals surface area contributed by atoms with Crippen molar-refractivity contribution < 1.29 is 8.60 Å². The van der Waals surface area contributed by atoms with Gasteiger partial charge in [-0.15, -0.1) is 0 Å². The predicted octanol–water partition coefficient (Wildman–Crippen LogP) is 1.96. The molecule has 0 aromatic heterocycles. The second kappa shape index (κ2) is 3.65. The molecule has 1 aromatic carbocycles. The molecule has 0 saturated carbocycles. The van der Waals surface area contributed by atoms with Gasteiger partial charge in [-0.3, -0.25) is 0 Å². The maximum Gasteiger partial charge on any atom is 0.150 e. The summed E-state index contributed by atoms with van der Waals surface area (Å²) in [6, 6.07) is 5.31. The molecule has 0 saturated heterocycles. The summed E-state index contributed by atoms with van der Waals surface area (Å²) in [4.78, 5) is -0.157. The molecular weight excluding hydrogens is 201 g/mol. The number of nitriles is 1. The molecule has 1 unspecified atom stereocenters. The number of halogens is 2. The minimum Gasteiger partial charge on any atom is -0.237 e. The summed E-state index contributed by atoms with van der Waals surface area (Å²) < 4.78 is 23.4. The Kier molecular flexibility index (Phi) is 2.79. The Morgan fingerprint density at radius 1 is 1.58 bits per heavy atom. The first-order valence-electron chi connectivity index (χ1n) is 2.93. The van der Waals surface area contributed by atoms with Crippen LogP contribution in [0.3, 0.4) is 0 Å². The smallest absolute Gasteiger partial charge is 0.150 e. The van der Waals surface area contributed by atoms with Gasteiger partial charge in [-0.25, -0.2) is 8.60 Å². The summed E-state index contributed by atoms with van der Waals surface area (Å²) in [5.41, 5.74) is 0.236. The van der Waals surface area contributed by atoms with Crippen molar-refractivity contribution in [3.8, 4) is 6.07 Å². The SMILES string of the molecule is N#Cc1ccc(F)c(S(=O)Cl)c1. The molecule has 2 nitrogen and oxygen atoms in total. The van der Waals surface area contributed by atoms with Crippen molar-refractivity contribution in [3.05, 3.63) is 29.6 Å². The summed E-state index contributed by atoms with van der Waals surface area (Å²) >= 11 is 0. The molecule has 0 radical (unpaired) electrons. The lowest BCUT2D eigenvalue weighted by atomic mass is 10.2. The van der Waals surface area contributed by atoms with E-state index in [4.69, 9.17) is 15.9 Å². The van der Waals surface area contributed by atoms with Crippen molar-refractivity contribution in [1.82, 2.24) is 0 Å². The maximum atomic E-state index is 12.8. The Bertz CT molecular complexity index is 374. The van der Waals surface area contributed by atoms with Gasteiger partial charge < -0.3 is 0 Å². The van der Waals surface area contributed by atoms with Crippen LogP contribution in [0.4, 0.5) is 4.39 Å². The lowest BCUT2D eigenvalue weighted by molar-refractivity contribution is 0.597. The van der Waals surface area contributed by atoms with Gasteiger partial charge in [0.15, 0.2) is 10.0 Å². The van der Waals surface area contributed by atoms with Crippen molar-refractivity contribution in [2.24, 2.45) is 0 Å². The lowest BCUT2D eigenvalue weighted by Gasteiger charge is -1.96. The molecule has 0 fully saturated rings. The van der Waals surface area contributed by atoms with Crippen molar-refractivity contribution in [3.63, 3.8) is 0 Å². The molecule has 1 rings (SSSR count). The van der Waals surface area contributed by atoms with Crippen LogP contribution in [-0.2, 0) is 10.0 Å². The molecule has 0 bridgehead atoms. The molecule has 0 aliphatic rings. The van der Waals surface area contributed by atoms with Crippen LogP contribution in [0.5, 0.6) is 0 Å². The van der Waals surface area contributed by atoms with E-state index in [0.29, 0.717) is 0 Å². The fourth-order valence-corrected chi connectivity index (χ4v) is 1.49. The zero-order valence-corrected chi connectivity index (χ0v) is 7.32. The fraction of sp³-hybridized carbons (Fsp3) is 0. The van der Waals surface area contributed by atoms with Crippen LogP contribution in [0.25, 0.3) is 0 Å². The second-order valence-electron chi connectivity index (χ2n) is 1.98. The van der Waals surface area contributed by atoms with Crippen LogP contribution < -0.4 is 0 Å². The fourth-order valence-electron chi connectivity index (χ4n) is 0.696. The van der Waals surface area contributed by atoms with Crippen molar-refractivity contribution in [1.29, 1.82) is 5.26 Å². The molecule has 0 aliphatic carbocycles. The van der Waals surface area contributed by atoms with E-state index >= 15 is 0 Å². The Balaban J connectivity index is 3.28. The average molecular weight is 204 g/mol. The normalized spacial score (nSPS) is 12.1. The van der Waals surface area contributed by atoms with E-state index < -0.39 is 15.8 Å². The molecule has 62 valence electrons. The highest BCUT2D eigenvalue weighted by atomic mass is 35.7. The summed E-state index contributed by atoms with van der Waals surface area (Å²) in [6.45, 7) is 0. The van der Waals surface area contributed by atoms with E-state index in [1.165, 1.54) is 12.1 Å². The molecule has 12 heavy (non-hydrogen) atoms. The molecule has 0 N–H and O–H groups in total. The van der Waals surface area contributed by atoms with Gasteiger partial charge in [-0.1, -0.05) is 0 Å². The van der Waals surface area contributed by atoms with Gasteiger partial charge >= 0.3 is 0 Å². The highest BCUT2D eigenvalue weighted by Gasteiger charge is 2.07. The number of hydrogen-bond donors (Lipinski definition) is 0. The third kappa shape index (κ3) is 1.81. The molecule has 0 heterocycles. The van der Waals surface area contributed by atoms with Crippen LogP contribution in [0.1, 0.15) is 5.56 Å². The first-order chi connectivity index (χ1) is 5.65. The Morgan fingerprint density at radius 2 is 2.25 bits per heavy atom. The zero-order valence-electron chi connectivity index (χ0n) is 5.75. The maximum absolute atomic E-state index is 12.8. The highest BCUT2D eigenvalue weighted by molar-refractivity contribution is 8.08. The minimum atomic E-state index is -1.91. The Morgan fingerprint density at radius 3 is 2.75 bits per heavy atom. The Labute approximate surface area is 75.5 Å². The third-order valence-electron chi connectivity index (χ3n) is 1.23. The van der Waals surface area contributed by atoms with Gasteiger partial charge in [0.25, 0.3) is 0 Å². The highest BCUT2D eigenvalue weighted by Crippen LogP contribution is 2.16. The Hall–Kier alpha value is -0.920. The van der Waals surface area contributed by atoms with Gasteiger partial charge in [0, 0.05) is 0 Å². The van der Waals surface area contributed by atoms with Gasteiger partial charge in [0.1, 0.15) is 5.82 Å². The van der Waals surface area contributed by atoms with Crippen LogP contribution >= 0.6 is 10.7 Å². The van der Waals surface area contributed by atoms with Gasteiger partial charge in [0.05, 0.1) is 16.5 Å². The molecule has 0 aliphatic heterocycles. The summed E-state index contributed by atoms with van der Waals surface area (Å²) in [5, 5.41) is 8.42. The summed E-state index contributed by atoms with van der Waals surface area (Å²) in [5.74, 6) is -0.665. The summed E-state index contributed by atoms with van der Waals surface area (Å²) in [6.07, 6.45) is 0. The summed E-state index contributed by atoms with van der Waals surface area (Å²) in [7, 11) is 3.25. The minimum absolute atomic E-state index is 0.157. The third-order valence-corrected chi connectivity index (χ3v) is 2.39. The molecule has 0 spiro atoms. The number of nitrogens with zero attached hydrogens (tertiary/aromatic N) is 1. The molecule has 1 aromatic rings. The molecular formula is C7H3ClFNOS. The van der Waals surface area contributed by atoms with E-state index in [1.54, 1.807) is 6.07 Å². The van der Waals surface area contributed by atoms with E-state index in [9.17, 15) is 8.60 Å². The quantitative estimate of drug-likeness (QED) is 0.655. The zero-order chi connectivity index (χ0) is 9.14. The standard InChI is InChI=1S/C7H3ClFNOS/c8-12(11)7-3-5(4-10)1-2-6(7)9/h1-3H. The van der Waals surface area contributed by atoms with Crippen molar-refractivity contribution in [2.45, 2.75) is 4.90 Å². The number of rotatable bonds is 1. The first kappa shape index (κ1) is 9.17. The van der Waals surface area contributed by atoms with E-state index in [0.717, 1.165) is 6.07 Å². The average Bonchev–Trinajstić information content (AvgIpc) is 2.05. The van der Waals surface area contributed by atoms with E-state index in [2.05, 4.69) is 0 Å². The van der Waals surface area contributed by atoms with Crippen LogP contribution in [-0.4, -0.2) is 4.21 Å². The largest absolute Gasteiger partial charge is 0.237 e.